The highest BCUT2D eigenvalue weighted by molar-refractivity contribution is 5.20. The lowest BCUT2D eigenvalue weighted by molar-refractivity contribution is -0.866. The highest BCUT2D eigenvalue weighted by Crippen LogP contribution is 2.04. The molecule has 0 amide bonds. The molecular weight excluding hydrogens is 182 g/mol. The van der Waals surface area contributed by atoms with Crippen LogP contribution in [-0.2, 0) is 6.42 Å². The molecule has 1 nitrogen and oxygen atoms in total. The molecule has 1 N–H and O–H groups in total. The number of quaternary nitrogens is 1. The molecule has 0 saturated carbocycles. The Morgan fingerprint density at radius 3 is 2.67 bits per heavy atom. The van der Waals surface area contributed by atoms with Crippen LogP contribution in [0.25, 0.3) is 0 Å². The van der Waals surface area contributed by atoms with Crippen molar-refractivity contribution in [2.45, 2.75) is 6.42 Å². The molecule has 0 aliphatic carbocycles. The third kappa shape index (κ3) is 4.49. The minimum Gasteiger partial charge on any atom is -0.324 e. The smallest absolute Gasteiger partial charge is 0.139 e. The molecule has 1 heteroatoms. The Hall–Kier alpha value is -1.52. The zero-order valence-corrected chi connectivity index (χ0v) is 9.29. The number of rotatable bonds is 5. The molecule has 1 atom stereocenters. The molecule has 1 rings (SSSR count). The Labute approximate surface area is 92.4 Å². The second kappa shape index (κ2) is 6.06. The van der Waals surface area contributed by atoms with Gasteiger partial charge < -0.3 is 4.90 Å². The number of terminal acetylenes is 1. The van der Waals surface area contributed by atoms with Crippen molar-refractivity contribution in [3.63, 3.8) is 0 Å². The predicted octanol–water partition coefficient (Wildman–Crippen LogP) is 0.933. The largest absolute Gasteiger partial charge is 0.324 e. The van der Waals surface area contributed by atoms with Gasteiger partial charge in [0.05, 0.1) is 13.6 Å². The number of nitrogens with one attached hydrogen (secondary N) is 1. The van der Waals surface area contributed by atoms with Gasteiger partial charge in [0.25, 0.3) is 0 Å². The maximum Gasteiger partial charge on any atom is 0.139 e. The van der Waals surface area contributed by atoms with Crippen molar-refractivity contribution in [3.8, 4) is 12.3 Å². The molecule has 0 radical (unpaired) electrons. The summed E-state index contributed by atoms with van der Waals surface area (Å²) in [5, 5.41) is 0. The zero-order valence-electron chi connectivity index (χ0n) is 9.29. The average molecular weight is 200 g/mol. The van der Waals surface area contributed by atoms with Crippen molar-refractivity contribution in [2.24, 2.45) is 0 Å². The molecule has 0 aromatic heterocycles. The van der Waals surface area contributed by atoms with Gasteiger partial charge >= 0.3 is 0 Å². The van der Waals surface area contributed by atoms with E-state index in [1.807, 2.05) is 6.07 Å². The summed E-state index contributed by atoms with van der Waals surface area (Å²) in [4.78, 5) is 1.32. The van der Waals surface area contributed by atoms with Crippen LogP contribution in [0.5, 0.6) is 0 Å². The fourth-order valence-corrected chi connectivity index (χ4v) is 1.61. The molecule has 0 aliphatic heterocycles. The summed E-state index contributed by atoms with van der Waals surface area (Å²) in [6.07, 6.45) is 6.20. The second-order valence-electron chi connectivity index (χ2n) is 3.93. The van der Waals surface area contributed by atoms with E-state index in [1.54, 1.807) is 0 Å². The van der Waals surface area contributed by atoms with Crippen LogP contribution in [0, 0.1) is 12.3 Å². The quantitative estimate of drug-likeness (QED) is 0.533. The summed E-state index contributed by atoms with van der Waals surface area (Å²) < 4.78 is 0. The highest BCUT2D eigenvalue weighted by atomic mass is 15.1. The van der Waals surface area contributed by atoms with E-state index in [4.69, 9.17) is 6.42 Å². The van der Waals surface area contributed by atoms with Crippen LogP contribution in [0.3, 0.4) is 0 Å². The summed E-state index contributed by atoms with van der Waals surface area (Å²) in [6, 6.07) is 10.4. The van der Waals surface area contributed by atoms with Crippen LogP contribution in [0.15, 0.2) is 42.5 Å². The van der Waals surface area contributed by atoms with Crippen molar-refractivity contribution in [2.75, 3.05) is 20.1 Å². The van der Waals surface area contributed by atoms with Gasteiger partial charge in [0.2, 0.25) is 0 Å². The second-order valence-corrected chi connectivity index (χ2v) is 3.93. The van der Waals surface area contributed by atoms with Crippen molar-refractivity contribution >= 4 is 0 Å². The molecule has 1 aromatic rings. The molecule has 15 heavy (non-hydrogen) atoms. The van der Waals surface area contributed by atoms with Gasteiger partial charge in [-0.05, 0) is 23.5 Å². The van der Waals surface area contributed by atoms with Crippen LogP contribution in [-0.4, -0.2) is 20.1 Å². The van der Waals surface area contributed by atoms with Gasteiger partial charge in [0, 0.05) is 0 Å². The summed E-state index contributed by atoms with van der Waals surface area (Å²) in [7, 11) is 2.09. The minimum atomic E-state index is 0.758. The van der Waals surface area contributed by atoms with E-state index in [1.165, 1.54) is 16.0 Å². The third-order valence-corrected chi connectivity index (χ3v) is 2.25. The lowest BCUT2D eigenvalue weighted by Gasteiger charge is -2.12. The van der Waals surface area contributed by atoms with Crippen LogP contribution in [0.4, 0.5) is 0 Å². The predicted molar refractivity (Wildman–Crippen MR) is 64.7 cm³/mol. The third-order valence-electron chi connectivity index (χ3n) is 2.25. The Balaban J connectivity index is 2.41. The van der Waals surface area contributed by atoms with Gasteiger partial charge in [0.1, 0.15) is 6.54 Å². The van der Waals surface area contributed by atoms with E-state index in [0.717, 1.165) is 19.5 Å². The van der Waals surface area contributed by atoms with Gasteiger partial charge in [-0.1, -0.05) is 36.9 Å². The molecule has 0 aliphatic rings. The Morgan fingerprint density at radius 1 is 1.40 bits per heavy atom. The molecule has 78 valence electrons. The fourth-order valence-electron chi connectivity index (χ4n) is 1.61. The Bertz CT molecular complexity index is 345. The van der Waals surface area contributed by atoms with Gasteiger partial charge in [-0.25, -0.2) is 0 Å². The first kappa shape index (κ1) is 11.6. The molecular formula is C14H18N+. The first-order valence-electron chi connectivity index (χ1n) is 5.17. The van der Waals surface area contributed by atoms with Crippen molar-refractivity contribution in [3.05, 3.63) is 48.0 Å². The van der Waals surface area contributed by atoms with E-state index in [0.29, 0.717) is 0 Å². The number of benzene rings is 1. The monoisotopic (exact) mass is 200 g/mol. The van der Waals surface area contributed by atoms with Gasteiger partial charge in [-0.2, -0.15) is 0 Å². The molecule has 1 aromatic carbocycles. The van der Waals surface area contributed by atoms with Crippen molar-refractivity contribution < 1.29 is 4.90 Å². The fraction of sp³-hybridized carbons (Fsp3) is 0.286. The van der Waals surface area contributed by atoms with E-state index in [9.17, 15) is 0 Å². The maximum absolute atomic E-state index is 5.26. The van der Waals surface area contributed by atoms with Crippen LogP contribution in [0.1, 0.15) is 5.56 Å². The van der Waals surface area contributed by atoms with E-state index >= 15 is 0 Å². The molecule has 0 saturated heterocycles. The van der Waals surface area contributed by atoms with Crippen LogP contribution >= 0.6 is 0 Å². The zero-order chi connectivity index (χ0) is 11.1. The summed E-state index contributed by atoms with van der Waals surface area (Å²) in [6.45, 7) is 5.78. The summed E-state index contributed by atoms with van der Waals surface area (Å²) in [5.74, 6) is 2.66. The topological polar surface area (TPSA) is 4.44 Å². The van der Waals surface area contributed by atoms with Crippen molar-refractivity contribution in [1.29, 1.82) is 0 Å². The van der Waals surface area contributed by atoms with Crippen molar-refractivity contribution in [1.82, 2.24) is 0 Å². The first-order chi connectivity index (χ1) is 7.22. The molecule has 0 spiro atoms. The van der Waals surface area contributed by atoms with Gasteiger partial charge in [-0.3, -0.25) is 0 Å². The lowest BCUT2D eigenvalue weighted by atomic mass is 10.1. The Kier molecular flexibility index (Phi) is 4.66. The van der Waals surface area contributed by atoms with Gasteiger partial charge in [-0.15, -0.1) is 6.42 Å². The summed E-state index contributed by atoms with van der Waals surface area (Å²) >= 11 is 0. The van der Waals surface area contributed by atoms with E-state index in [-0.39, 0.29) is 0 Å². The lowest BCUT2D eigenvalue weighted by Crippen LogP contribution is -3.09. The van der Waals surface area contributed by atoms with Gasteiger partial charge in [0.15, 0.2) is 0 Å². The minimum absolute atomic E-state index is 0.758. The number of hydrogen-bond acceptors (Lipinski definition) is 0. The molecule has 0 heterocycles. The average Bonchev–Trinajstić information content (AvgIpc) is 2.19. The van der Waals surface area contributed by atoms with E-state index < -0.39 is 0 Å². The van der Waals surface area contributed by atoms with E-state index in [2.05, 4.69) is 43.8 Å². The van der Waals surface area contributed by atoms with Crippen LogP contribution < -0.4 is 4.90 Å². The highest BCUT2D eigenvalue weighted by Gasteiger charge is 2.03. The van der Waals surface area contributed by atoms with Crippen LogP contribution in [0.2, 0.25) is 0 Å². The molecule has 0 fully saturated rings. The number of hydrogen-bond donors (Lipinski definition) is 1. The first-order valence-corrected chi connectivity index (χ1v) is 5.17. The molecule has 1 unspecified atom stereocenters. The summed E-state index contributed by atoms with van der Waals surface area (Å²) in [5.41, 5.74) is 2.55. The normalized spacial score (nSPS) is 11.7. The molecule has 0 bridgehead atoms. The maximum atomic E-state index is 5.26. The standard InChI is InChI=1S/C14H17N/c1-4-10-15(3)12-13(2)11-14-8-6-5-7-9-14/h1,5-9H,2,10-12H2,3H3/p+1. The Morgan fingerprint density at radius 2 is 2.07 bits per heavy atom. The number of likely N-dealkylation sites (N-methyl/N-ethyl adjacent to an activating group) is 1. The SMILES string of the molecule is C#CC[NH+](C)CC(=C)Cc1ccccc1.